The molecule has 2 rings (SSSR count). The molecule has 0 unspecified atom stereocenters. The minimum absolute atomic E-state index is 0.0847. The van der Waals surface area contributed by atoms with Crippen molar-refractivity contribution in [3.05, 3.63) is 35.4 Å². The van der Waals surface area contributed by atoms with E-state index in [4.69, 9.17) is 4.74 Å². The van der Waals surface area contributed by atoms with E-state index in [-0.39, 0.29) is 23.6 Å². The van der Waals surface area contributed by atoms with Crippen LogP contribution in [-0.2, 0) is 16.0 Å². The van der Waals surface area contributed by atoms with E-state index in [9.17, 15) is 9.59 Å². The molecule has 1 aromatic rings. The van der Waals surface area contributed by atoms with Gasteiger partial charge in [0.25, 0.3) is 0 Å². The average Bonchev–Trinajstić information content (AvgIpc) is 3.23. The first-order valence-electron chi connectivity index (χ1n) is 6.87. The van der Waals surface area contributed by atoms with Crippen LogP contribution in [0.3, 0.4) is 0 Å². The second kappa shape index (κ2) is 6.00. The Hall–Kier alpha value is -1.64. The molecule has 1 aromatic carbocycles. The van der Waals surface area contributed by atoms with Crippen LogP contribution >= 0.6 is 0 Å². The van der Waals surface area contributed by atoms with E-state index in [1.165, 1.54) is 0 Å². The lowest BCUT2D eigenvalue weighted by Crippen LogP contribution is -2.13. The fraction of sp³-hybridized carbons (Fsp3) is 0.500. The lowest BCUT2D eigenvalue weighted by molar-refractivity contribution is -0.147. The van der Waals surface area contributed by atoms with Crippen LogP contribution in [-0.4, -0.2) is 18.4 Å². The fourth-order valence-electron chi connectivity index (χ4n) is 1.85. The van der Waals surface area contributed by atoms with Gasteiger partial charge < -0.3 is 4.74 Å². The van der Waals surface area contributed by atoms with Gasteiger partial charge in [-0.05, 0) is 18.4 Å². The molecule has 0 N–H and O–H groups in total. The van der Waals surface area contributed by atoms with E-state index in [2.05, 4.69) is 0 Å². The molecule has 3 heteroatoms. The van der Waals surface area contributed by atoms with Crippen molar-refractivity contribution < 1.29 is 14.3 Å². The quantitative estimate of drug-likeness (QED) is 0.583. The first-order chi connectivity index (χ1) is 9.08. The Kier molecular flexibility index (Phi) is 4.35. The van der Waals surface area contributed by atoms with Crippen molar-refractivity contribution in [3.8, 4) is 0 Å². The molecule has 102 valence electrons. The zero-order chi connectivity index (χ0) is 13.8. The van der Waals surface area contributed by atoms with E-state index >= 15 is 0 Å². The normalized spacial score (nSPS) is 14.5. The number of carbonyl (C=O) groups is 2. The third kappa shape index (κ3) is 3.91. The van der Waals surface area contributed by atoms with E-state index in [0.29, 0.717) is 13.0 Å². The molecular formula is C16H20O3. The van der Waals surface area contributed by atoms with Gasteiger partial charge in [0.15, 0.2) is 5.78 Å². The van der Waals surface area contributed by atoms with Crippen LogP contribution in [0.5, 0.6) is 0 Å². The highest BCUT2D eigenvalue weighted by molar-refractivity contribution is 5.99. The zero-order valence-electron chi connectivity index (χ0n) is 11.5. The van der Waals surface area contributed by atoms with Crippen LogP contribution < -0.4 is 0 Å². The molecule has 0 bridgehead atoms. The van der Waals surface area contributed by atoms with E-state index in [1.807, 2.05) is 38.1 Å². The predicted molar refractivity (Wildman–Crippen MR) is 73.0 cm³/mol. The minimum Gasteiger partial charge on any atom is -0.465 e. The smallest absolute Gasteiger partial charge is 0.308 e. The monoisotopic (exact) mass is 260 g/mol. The number of esters is 1. The third-order valence-corrected chi connectivity index (χ3v) is 3.29. The summed E-state index contributed by atoms with van der Waals surface area (Å²) in [5.74, 6) is 0.273. The van der Waals surface area contributed by atoms with Crippen molar-refractivity contribution in [2.75, 3.05) is 6.61 Å². The molecule has 0 amide bonds. The van der Waals surface area contributed by atoms with E-state index < -0.39 is 0 Å². The second-order valence-corrected chi connectivity index (χ2v) is 5.41. The SMILES string of the molecule is CC(C)C(=O)OCCc1ccc(C(=O)C2CC2)cc1. The van der Waals surface area contributed by atoms with Crippen LogP contribution in [0.25, 0.3) is 0 Å². The average molecular weight is 260 g/mol. The van der Waals surface area contributed by atoms with Gasteiger partial charge in [-0.3, -0.25) is 9.59 Å². The molecule has 1 saturated carbocycles. The number of benzene rings is 1. The molecule has 0 heterocycles. The summed E-state index contributed by atoms with van der Waals surface area (Å²) in [5, 5.41) is 0. The topological polar surface area (TPSA) is 43.4 Å². The Bertz CT molecular complexity index is 455. The highest BCUT2D eigenvalue weighted by Crippen LogP contribution is 2.32. The molecule has 0 aromatic heterocycles. The summed E-state index contributed by atoms with van der Waals surface area (Å²) >= 11 is 0. The van der Waals surface area contributed by atoms with Gasteiger partial charge >= 0.3 is 5.97 Å². The number of carbonyl (C=O) groups excluding carboxylic acids is 2. The van der Waals surface area contributed by atoms with Gasteiger partial charge in [-0.2, -0.15) is 0 Å². The van der Waals surface area contributed by atoms with Crippen molar-refractivity contribution in [2.24, 2.45) is 11.8 Å². The molecular weight excluding hydrogens is 240 g/mol. The number of hydrogen-bond donors (Lipinski definition) is 0. The van der Waals surface area contributed by atoms with Gasteiger partial charge in [-0.1, -0.05) is 38.1 Å². The summed E-state index contributed by atoms with van der Waals surface area (Å²) in [6.45, 7) is 4.04. The van der Waals surface area contributed by atoms with Crippen molar-refractivity contribution in [1.82, 2.24) is 0 Å². The number of hydrogen-bond acceptors (Lipinski definition) is 3. The molecule has 0 radical (unpaired) electrons. The summed E-state index contributed by atoms with van der Waals surface area (Å²) in [6.07, 6.45) is 2.76. The van der Waals surface area contributed by atoms with Gasteiger partial charge in [-0.15, -0.1) is 0 Å². The standard InChI is InChI=1S/C16H20O3/c1-11(2)16(18)19-10-9-12-3-5-13(6-4-12)15(17)14-7-8-14/h3-6,11,14H,7-10H2,1-2H3. The molecule has 3 nitrogen and oxygen atoms in total. The van der Waals surface area contributed by atoms with Gasteiger partial charge in [0.05, 0.1) is 12.5 Å². The molecule has 0 saturated heterocycles. The molecule has 1 aliphatic rings. The van der Waals surface area contributed by atoms with Crippen molar-refractivity contribution in [2.45, 2.75) is 33.1 Å². The van der Waals surface area contributed by atoms with Gasteiger partial charge in [0.2, 0.25) is 0 Å². The molecule has 0 atom stereocenters. The Morgan fingerprint density at radius 2 is 1.84 bits per heavy atom. The maximum Gasteiger partial charge on any atom is 0.308 e. The largest absolute Gasteiger partial charge is 0.465 e. The lowest BCUT2D eigenvalue weighted by Gasteiger charge is -2.07. The Balaban J connectivity index is 1.81. The van der Waals surface area contributed by atoms with Crippen LogP contribution in [0.2, 0.25) is 0 Å². The highest BCUT2D eigenvalue weighted by atomic mass is 16.5. The summed E-state index contributed by atoms with van der Waals surface area (Å²) in [6, 6.07) is 7.64. The van der Waals surface area contributed by atoms with Crippen molar-refractivity contribution in [1.29, 1.82) is 0 Å². The number of ketones is 1. The Labute approximate surface area is 114 Å². The van der Waals surface area contributed by atoms with Crippen LogP contribution in [0, 0.1) is 11.8 Å². The number of Topliss-reactive ketones (excluding diaryl/α,β-unsaturated/α-hetero) is 1. The van der Waals surface area contributed by atoms with E-state index in [0.717, 1.165) is 24.0 Å². The van der Waals surface area contributed by atoms with Crippen LogP contribution in [0.4, 0.5) is 0 Å². The summed E-state index contributed by atoms with van der Waals surface area (Å²) in [5.41, 5.74) is 1.88. The lowest BCUT2D eigenvalue weighted by atomic mass is 10.0. The maximum absolute atomic E-state index is 11.8. The van der Waals surface area contributed by atoms with Gasteiger partial charge in [0.1, 0.15) is 0 Å². The Morgan fingerprint density at radius 1 is 1.21 bits per heavy atom. The van der Waals surface area contributed by atoms with Gasteiger partial charge in [0, 0.05) is 17.9 Å². The first-order valence-corrected chi connectivity index (χ1v) is 6.87. The van der Waals surface area contributed by atoms with Crippen molar-refractivity contribution in [3.63, 3.8) is 0 Å². The number of ether oxygens (including phenoxy) is 1. The third-order valence-electron chi connectivity index (χ3n) is 3.29. The molecule has 0 aliphatic heterocycles. The van der Waals surface area contributed by atoms with E-state index in [1.54, 1.807) is 0 Å². The second-order valence-electron chi connectivity index (χ2n) is 5.41. The molecule has 1 fully saturated rings. The summed E-state index contributed by atoms with van der Waals surface area (Å²) in [4.78, 5) is 23.1. The summed E-state index contributed by atoms with van der Waals surface area (Å²) < 4.78 is 5.13. The molecule has 1 aliphatic carbocycles. The molecule has 0 spiro atoms. The van der Waals surface area contributed by atoms with Crippen molar-refractivity contribution >= 4 is 11.8 Å². The maximum atomic E-state index is 11.8. The Morgan fingerprint density at radius 3 is 2.37 bits per heavy atom. The first kappa shape index (κ1) is 13.8. The predicted octanol–water partition coefficient (Wildman–Crippen LogP) is 3.02. The molecule has 19 heavy (non-hydrogen) atoms. The number of rotatable bonds is 6. The van der Waals surface area contributed by atoms with Crippen LogP contribution in [0.15, 0.2) is 24.3 Å². The summed E-state index contributed by atoms with van der Waals surface area (Å²) in [7, 11) is 0. The fourth-order valence-corrected chi connectivity index (χ4v) is 1.85. The van der Waals surface area contributed by atoms with Crippen LogP contribution in [0.1, 0.15) is 42.6 Å². The minimum atomic E-state index is -0.166. The van der Waals surface area contributed by atoms with Gasteiger partial charge in [-0.25, -0.2) is 0 Å². The zero-order valence-corrected chi connectivity index (χ0v) is 11.5. The highest BCUT2D eigenvalue weighted by Gasteiger charge is 2.30.